The largest absolute Gasteiger partial charge is 0.369 e. The number of amides is 8. The Morgan fingerprint density at radius 3 is 0.846 bits per heavy atom. The summed E-state index contributed by atoms with van der Waals surface area (Å²) >= 11 is 61.6. The van der Waals surface area contributed by atoms with Crippen LogP contribution in [-0.4, -0.2) is 337 Å². The Morgan fingerprint density at radius 2 is 0.615 bits per heavy atom. The van der Waals surface area contributed by atoms with Crippen LogP contribution in [0.3, 0.4) is 0 Å². The maximum absolute atomic E-state index is 14.3. The summed E-state index contributed by atoms with van der Waals surface area (Å²) in [6.45, 7) is 13.1. The van der Waals surface area contributed by atoms with Crippen molar-refractivity contribution >= 4 is 296 Å². The van der Waals surface area contributed by atoms with Crippen LogP contribution in [0.5, 0.6) is 0 Å². The van der Waals surface area contributed by atoms with E-state index in [1.54, 1.807) is 41.9 Å². The first kappa shape index (κ1) is 143. The fraction of sp³-hybridized carbons (Fsp3) is 0.784. The number of primary amides is 2. The number of halogens is 8. The summed E-state index contributed by atoms with van der Waals surface area (Å²) in [7, 11) is 8.49. The van der Waals surface area contributed by atoms with Crippen molar-refractivity contribution in [3.05, 3.63) is 0 Å². The molecule has 764 valence electrons. The van der Waals surface area contributed by atoms with Crippen LogP contribution in [0.1, 0.15) is 92.9 Å². The summed E-state index contributed by atoms with van der Waals surface area (Å²) in [5, 5.41) is 29.8. The highest BCUT2D eigenvalue weighted by Crippen LogP contribution is 2.29. The van der Waals surface area contributed by atoms with Gasteiger partial charge < -0.3 is 65.1 Å². The zero-order valence-electron chi connectivity index (χ0n) is 74.9. The molecule has 0 aromatic heterocycles. The summed E-state index contributed by atoms with van der Waals surface area (Å²) in [6.07, 6.45) is -3.02. The molecule has 0 aliphatic carbocycles. The average molecular weight is 2180 g/mol. The molecule has 0 aromatic rings. The predicted molar refractivity (Wildman–Crippen MR) is 552 cm³/mol. The third kappa shape index (κ3) is 56.2. The molecule has 0 heterocycles. The van der Waals surface area contributed by atoms with Gasteiger partial charge in [-0.3, -0.25) is 98.4 Å². The van der Waals surface area contributed by atoms with Crippen LogP contribution in [-0.2, 0) is 76.7 Å². The molecule has 0 saturated heterocycles. The highest BCUT2D eigenvalue weighted by atomic mass is 32.1. The minimum absolute atomic E-state index is 0.00449. The van der Waals surface area contributed by atoms with Gasteiger partial charge in [0, 0.05) is 159 Å². The molecule has 20 N–H and O–H groups in total. The zero-order chi connectivity index (χ0) is 104. The SMILES string of the molecule is CCNC(=O)[C@H](CS)CC(=O)[C@@H](CS)NCC.CCNC(=O)[C@](F)(CS)CC(=O)[C@](F)(CS)NCC.CCN[C@@](F)(CS)C(=O)C[C@@](F)(CS)C(=O)NC.CCN[C@H](CS)C(=O)C[C@@H](CS)C(=O)NC.CNC(=O)[C@H](CS)CC(=O)[C@@H](CS)NC.CNC(=O)[C@](F)(CS)CC(=O)[C@](F)(CS)NC.NC(=O)[C@H](CS)CC(=O)[C@H](N)CS.NC(=O)[C@](F)(CS)CC(=O)[C@](N)(F)CS. The van der Waals surface area contributed by atoms with Gasteiger partial charge in [0.05, 0.1) is 73.5 Å². The second-order valence-electron chi connectivity index (χ2n) is 27.6. The number of nitrogens with one attached hydrogen (secondary N) is 12. The Kier molecular flexibility index (Phi) is 86.6. The van der Waals surface area contributed by atoms with Crippen LogP contribution in [0.2, 0.25) is 0 Å². The molecule has 0 radical (unpaired) electrons. The van der Waals surface area contributed by atoms with Crippen molar-refractivity contribution in [1.82, 2.24) is 63.8 Å². The third-order valence-electron chi connectivity index (χ3n) is 17.8. The molecule has 0 spiro atoms. The van der Waals surface area contributed by atoms with Gasteiger partial charge >= 0.3 is 0 Å². The second kappa shape index (κ2) is 78.6. The number of carbonyl (C=O) groups excluding carboxylic acids is 16. The highest BCUT2D eigenvalue weighted by molar-refractivity contribution is 7.82. The van der Waals surface area contributed by atoms with E-state index in [4.69, 9.17) is 22.9 Å². The van der Waals surface area contributed by atoms with E-state index in [0.29, 0.717) is 54.2 Å². The van der Waals surface area contributed by atoms with Crippen molar-refractivity contribution in [1.29, 1.82) is 0 Å². The van der Waals surface area contributed by atoms with E-state index < -0.39 is 182 Å². The Morgan fingerprint density at radius 1 is 0.315 bits per heavy atom. The molecule has 0 fully saturated rings. The van der Waals surface area contributed by atoms with Gasteiger partial charge in [0.2, 0.25) is 69.5 Å². The Hall–Kier alpha value is -2.16. The molecule has 0 aliphatic heterocycles. The average Bonchev–Trinajstić information content (AvgIpc) is 0.823. The molecule has 32 nitrogen and oxygen atoms in total. The number of hydrogen-bond acceptors (Lipinski definition) is 40. The second-order valence-corrected chi connectivity index (χ2v) is 33.1. The van der Waals surface area contributed by atoms with Crippen molar-refractivity contribution < 1.29 is 112 Å². The molecule has 0 aliphatic rings. The lowest BCUT2D eigenvalue weighted by Gasteiger charge is -2.27. The number of thiol groups is 16. The molecule has 16 atom stereocenters. The third-order valence-corrected chi connectivity index (χ3v) is 24.8. The van der Waals surface area contributed by atoms with Crippen LogP contribution < -0.4 is 86.7 Å². The van der Waals surface area contributed by atoms with Gasteiger partial charge in [0.25, 0.3) is 23.6 Å². The van der Waals surface area contributed by atoms with E-state index in [9.17, 15) is 112 Å². The lowest BCUT2D eigenvalue weighted by atomic mass is 9.95. The van der Waals surface area contributed by atoms with Crippen molar-refractivity contribution in [2.75, 3.05) is 174 Å². The molecule has 0 aromatic carbocycles. The van der Waals surface area contributed by atoms with Gasteiger partial charge in [-0.1, -0.05) is 27.7 Å². The van der Waals surface area contributed by atoms with Crippen molar-refractivity contribution in [2.45, 2.75) is 163 Å². The van der Waals surface area contributed by atoms with E-state index in [2.05, 4.69) is 266 Å². The van der Waals surface area contributed by atoms with Crippen LogP contribution in [0.4, 0.5) is 35.1 Å². The summed E-state index contributed by atoms with van der Waals surface area (Å²) in [5.41, 5.74) is 9.81. The van der Waals surface area contributed by atoms with Crippen molar-refractivity contribution in [2.24, 2.45) is 46.6 Å². The first-order valence-corrected chi connectivity index (χ1v) is 49.9. The number of ketones is 8. The zero-order valence-corrected chi connectivity index (χ0v) is 89.2. The van der Waals surface area contributed by atoms with Crippen LogP contribution in [0.15, 0.2) is 0 Å². The van der Waals surface area contributed by atoms with E-state index in [1.165, 1.54) is 21.1 Å². The number of rotatable bonds is 60. The predicted octanol–water partition coefficient (Wildman–Crippen LogP) is 0.898. The molecular formula is C74H140F8N16O16S16. The summed E-state index contributed by atoms with van der Waals surface area (Å²) in [6, 6.07) is -1.47. The van der Waals surface area contributed by atoms with Gasteiger partial charge in [0.1, 0.15) is 0 Å². The normalized spacial score (nSPS) is 16.3. The summed E-state index contributed by atoms with van der Waals surface area (Å²) in [4.78, 5) is 183. The Balaban J connectivity index is -0.000000219. The maximum Gasteiger partial charge on any atom is 0.259 e. The van der Waals surface area contributed by atoms with Crippen LogP contribution in [0, 0.1) is 23.7 Å². The molecule has 0 rings (SSSR count). The molecule has 0 saturated carbocycles. The van der Waals surface area contributed by atoms with E-state index >= 15 is 0 Å². The van der Waals surface area contributed by atoms with Gasteiger partial charge in [0.15, 0.2) is 46.3 Å². The fourth-order valence-electron chi connectivity index (χ4n) is 9.40. The standard InChI is InChI=1S/C11H20F2N2O2S2.C11H22N2O2S2.C10H18F2N2O2S2.C10H20N2O2S2.C9H16F2N2O2S2.C9H18N2O2S2.C7H12F2N2O2S2.C7H14N2O2S2/c1-3-14-9(17)10(12,6-18)5-8(16)11(13,7-19)15-4-2;1-3-12-9(7-17)10(14)5-8(6-16)11(15)13-4-2;1-3-14-10(12,6-18)7(15)4-9(11,5-17)8(16)13-2;1-3-12-8(6-16)9(13)4-7(5-15)10(14)11-2;1-12-7(15)8(10,4-16)3-6(14)9(11,5-17)13-2;1-10-7(5-15)8(12)3-6(4-14)9(13)11-2;8-6(2-14,5(10)13)1-4(12)7(9,11)3-15;8-5(3-13)6(10)1-4(2-12)7(9)11/h15,18-19H,3-7H2,1-2H3,(H,14,17);8-9,12,16-17H,3-7H2,1-2H3,(H,13,15);14,17-18H,3-6H2,1-2H3,(H,13,16);7-8,12,15-16H,3-6H2,1-2H3,(H,11,14);13,16-17H,3-5H2,1-2H3,(H,12,15);6-7,10,14-15H,3-5H2,1-2H3,(H,11,13);14-15H,1-3,11H2,(H2,10,13);4-5,12-13H,1-3,8H2,(H2,9,11)/t10-,11+;8-,9+;9-,10+;7-,8+;8-,9+;2*6-,7+;4-,5+/m10101010/s1. The first-order valence-electron chi connectivity index (χ1n) is 39.8. The van der Waals surface area contributed by atoms with Gasteiger partial charge in [-0.25, -0.2) is 35.1 Å². The number of likely N-dealkylation sites (N-methyl/N-ethyl adjacent to an activating group) is 6. The van der Waals surface area contributed by atoms with Crippen LogP contribution >= 0.6 is 202 Å². The van der Waals surface area contributed by atoms with Crippen molar-refractivity contribution in [3.63, 3.8) is 0 Å². The first-order chi connectivity index (χ1) is 60.4. The fourth-order valence-corrected chi connectivity index (χ4v) is 14.0. The van der Waals surface area contributed by atoms with E-state index in [0.717, 1.165) is 0 Å². The number of nitrogens with two attached hydrogens (primary N) is 4. The molecule has 0 bridgehead atoms. The molecule has 130 heavy (non-hydrogen) atoms. The van der Waals surface area contributed by atoms with E-state index in [-0.39, 0.29) is 134 Å². The number of Topliss-reactive ketones (excluding diaryl/α,β-unsaturated/α-hetero) is 8. The molecule has 8 amide bonds. The van der Waals surface area contributed by atoms with Crippen molar-refractivity contribution in [3.8, 4) is 0 Å². The number of carbonyl (C=O) groups is 16. The smallest absolute Gasteiger partial charge is 0.259 e. The number of alkyl halides is 8. The van der Waals surface area contributed by atoms with Gasteiger partial charge in [-0.2, -0.15) is 202 Å². The minimum Gasteiger partial charge on any atom is -0.369 e. The summed E-state index contributed by atoms with van der Waals surface area (Å²) < 4.78 is 111. The monoisotopic (exact) mass is 2170 g/mol. The lowest BCUT2D eigenvalue weighted by molar-refractivity contribution is -0.141. The molecular weight excluding hydrogens is 2030 g/mol. The van der Waals surface area contributed by atoms with Crippen LogP contribution in [0.25, 0.3) is 0 Å². The quantitative estimate of drug-likeness (QED) is 0.0228. The summed E-state index contributed by atoms with van der Waals surface area (Å²) in [5.74, 6) is -22.6. The van der Waals surface area contributed by atoms with Gasteiger partial charge in [-0.15, -0.1) is 0 Å². The van der Waals surface area contributed by atoms with Gasteiger partial charge in [-0.05, 0) is 54.1 Å². The number of hydrogen-bond donors (Lipinski definition) is 32. The Bertz CT molecular complexity index is 3400. The highest BCUT2D eigenvalue weighted by Gasteiger charge is 2.50. The molecule has 56 heteroatoms. The maximum atomic E-state index is 14.3. The topological polar surface area (TPSA) is 522 Å². The minimum atomic E-state index is -2.77. The lowest BCUT2D eigenvalue weighted by Crippen LogP contribution is -2.54. The van der Waals surface area contributed by atoms with E-state index in [1.807, 2.05) is 20.8 Å². The molecule has 0 unspecified atom stereocenters. The Labute approximate surface area is 847 Å².